The maximum Gasteiger partial charge on any atom is 0.335 e. The molecule has 3 rings (SSSR count). The fraction of sp³-hybridized carbons (Fsp3) is 0.0588. The topological polar surface area (TPSA) is 55.1 Å². The largest absolute Gasteiger partial charge is 0.478 e. The molecule has 0 saturated carbocycles. The molecule has 0 bridgehead atoms. The average Bonchev–Trinajstić information content (AvgIpc) is 2.97. The van der Waals surface area contributed by atoms with Gasteiger partial charge in [-0.1, -0.05) is 24.3 Å². The molecule has 21 heavy (non-hydrogen) atoms. The molecular formula is C17H14N2O2. The second-order valence-corrected chi connectivity index (χ2v) is 4.90. The molecule has 0 saturated heterocycles. The molecular weight excluding hydrogens is 264 g/mol. The second kappa shape index (κ2) is 5.25. The maximum absolute atomic E-state index is 11.1. The number of carbonyl (C=O) groups is 1. The van der Waals surface area contributed by atoms with Gasteiger partial charge >= 0.3 is 5.97 Å². The summed E-state index contributed by atoms with van der Waals surface area (Å²) in [7, 11) is 0. The lowest BCUT2D eigenvalue weighted by molar-refractivity contribution is 0.0697. The highest BCUT2D eigenvalue weighted by atomic mass is 16.4. The van der Waals surface area contributed by atoms with Crippen LogP contribution in [0.5, 0.6) is 0 Å². The first kappa shape index (κ1) is 13.1. The summed E-state index contributed by atoms with van der Waals surface area (Å²) in [4.78, 5) is 11.1. The number of carboxylic acids is 1. The van der Waals surface area contributed by atoms with Gasteiger partial charge in [0.05, 0.1) is 17.4 Å². The zero-order valence-corrected chi connectivity index (χ0v) is 11.5. The molecule has 2 aromatic carbocycles. The second-order valence-electron chi connectivity index (χ2n) is 4.90. The molecule has 1 aromatic heterocycles. The monoisotopic (exact) mass is 278 g/mol. The summed E-state index contributed by atoms with van der Waals surface area (Å²) in [6.45, 7) is 1.89. The number of rotatable bonds is 3. The zero-order valence-electron chi connectivity index (χ0n) is 11.5. The van der Waals surface area contributed by atoms with E-state index in [1.165, 1.54) is 0 Å². The molecule has 0 aliphatic carbocycles. The molecule has 0 amide bonds. The molecule has 4 heteroatoms. The van der Waals surface area contributed by atoms with Crippen LogP contribution in [0.2, 0.25) is 0 Å². The SMILES string of the molecule is Cc1cc(C(=O)O)cc(-c2cnn(-c3ccccc3)c2)c1. The van der Waals surface area contributed by atoms with Gasteiger partial charge in [0.2, 0.25) is 0 Å². The van der Waals surface area contributed by atoms with E-state index in [0.717, 1.165) is 22.4 Å². The molecule has 0 aliphatic heterocycles. The maximum atomic E-state index is 11.1. The van der Waals surface area contributed by atoms with Gasteiger partial charge in [-0.3, -0.25) is 0 Å². The first-order chi connectivity index (χ1) is 10.1. The van der Waals surface area contributed by atoms with Gasteiger partial charge < -0.3 is 5.11 Å². The van der Waals surface area contributed by atoms with E-state index in [1.54, 1.807) is 23.0 Å². The zero-order chi connectivity index (χ0) is 14.8. The highest BCUT2D eigenvalue weighted by Crippen LogP contribution is 2.23. The Morgan fingerprint density at radius 3 is 2.57 bits per heavy atom. The lowest BCUT2D eigenvalue weighted by Crippen LogP contribution is -1.97. The summed E-state index contributed by atoms with van der Waals surface area (Å²) in [6, 6.07) is 15.1. The molecule has 0 unspecified atom stereocenters. The third-order valence-electron chi connectivity index (χ3n) is 3.26. The number of hydrogen-bond acceptors (Lipinski definition) is 2. The van der Waals surface area contributed by atoms with Crippen molar-refractivity contribution in [3.8, 4) is 16.8 Å². The predicted octanol–water partition coefficient (Wildman–Crippen LogP) is 3.55. The van der Waals surface area contributed by atoms with E-state index in [9.17, 15) is 4.79 Å². The van der Waals surface area contributed by atoms with E-state index in [0.29, 0.717) is 0 Å². The molecule has 0 aliphatic rings. The van der Waals surface area contributed by atoms with E-state index in [-0.39, 0.29) is 5.56 Å². The Kier molecular flexibility index (Phi) is 3.28. The number of aryl methyl sites for hydroxylation is 1. The van der Waals surface area contributed by atoms with Gasteiger partial charge in [-0.05, 0) is 42.3 Å². The van der Waals surface area contributed by atoms with Gasteiger partial charge in [0, 0.05) is 11.8 Å². The fourth-order valence-electron chi connectivity index (χ4n) is 2.27. The molecule has 0 radical (unpaired) electrons. The van der Waals surface area contributed by atoms with Crippen LogP contribution in [0.3, 0.4) is 0 Å². The van der Waals surface area contributed by atoms with Crippen LogP contribution in [0, 0.1) is 6.92 Å². The van der Waals surface area contributed by atoms with Crippen molar-refractivity contribution >= 4 is 5.97 Å². The van der Waals surface area contributed by atoms with Gasteiger partial charge in [0.25, 0.3) is 0 Å². The summed E-state index contributed by atoms with van der Waals surface area (Å²) in [5.41, 5.74) is 3.92. The Balaban J connectivity index is 2.02. The van der Waals surface area contributed by atoms with Crippen molar-refractivity contribution in [1.82, 2.24) is 9.78 Å². The summed E-state index contributed by atoms with van der Waals surface area (Å²) in [5, 5.41) is 13.5. The number of benzene rings is 2. The van der Waals surface area contributed by atoms with Crippen LogP contribution in [0.4, 0.5) is 0 Å². The highest BCUT2D eigenvalue weighted by molar-refractivity contribution is 5.89. The number of carboxylic acid groups (broad SMARTS) is 1. The van der Waals surface area contributed by atoms with Crippen molar-refractivity contribution in [2.24, 2.45) is 0 Å². The van der Waals surface area contributed by atoms with Gasteiger partial charge in [-0.15, -0.1) is 0 Å². The van der Waals surface area contributed by atoms with E-state index < -0.39 is 5.97 Å². The van der Waals surface area contributed by atoms with E-state index in [2.05, 4.69) is 5.10 Å². The quantitative estimate of drug-likeness (QED) is 0.797. The van der Waals surface area contributed by atoms with Crippen molar-refractivity contribution in [2.75, 3.05) is 0 Å². The van der Waals surface area contributed by atoms with Crippen LogP contribution in [0.1, 0.15) is 15.9 Å². The van der Waals surface area contributed by atoms with E-state index in [4.69, 9.17) is 5.11 Å². The molecule has 3 aromatic rings. The fourth-order valence-corrected chi connectivity index (χ4v) is 2.27. The number of aromatic nitrogens is 2. The first-order valence-electron chi connectivity index (χ1n) is 6.59. The highest BCUT2D eigenvalue weighted by Gasteiger charge is 2.09. The van der Waals surface area contributed by atoms with Crippen LogP contribution < -0.4 is 0 Å². The smallest absolute Gasteiger partial charge is 0.335 e. The molecule has 0 atom stereocenters. The average molecular weight is 278 g/mol. The van der Waals surface area contributed by atoms with Gasteiger partial charge in [-0.25, -0.2) is 9.48 Å². The Labute approximate surface area is 122 Å². The number of nitrogens with zero attached hydrogens (tertiary/aromatic N) is 2. The molecule has 104 valence electrons. The van der Waals surface area contributed by atoms with E-state index >= 15 is 0 Å². The standard InChI is InChI=1S/C17H14N2O2/c1-12-7-13(9-14(8-12)17(20)21)15-10-18-19(11-15)16-5-3-2-4-6-16/h2-11H,1H3,(H,20,21). The minimum Gasteiger partial charge on any atom is -0.478 e. The molecule has 0 spiro atoms. The van der Waals surface area contributed by atoms with Crippen LogP contribution in [0.15, 0.2) is 60.9 Å². The van der Waals surface area contributed by atoms with Gasteiger partial charge in [0.15, 0.2) is 0 Å². The van der Waals surface area contributed by atoms with Gasteiger partial charge in [0.1, 0.15) is 0 Å². The van der Waals surface area contributed by atoms with Gasteiger partial charge in [-0.2, -0.15) is 5.10 Å². The Hall–Kier alpha value is -2.88. The Morgan fingerprint density at radius 1 is 1.10 bits per heavy atom. The lowest BCUT2D eigenvalue weighted by Gasteiger charge is -2.03. The summed E-state index contributed by atoms with van der Waals surface area (Å²) >= 11 is 0. The van der Waals surface area contributed by atoms with Crippen LogP contribution in [-0.4, -0.2) is 20.9 Å². The van der Waals surface area contributed by atoms with Crippen LogP contribution in [0.25, 0.3) is 16.8 Å². The van der Waals surface area contributed by atoms with Crippen molar-refractivity contribution in [3.05, 3.63) is 72.1 Å². The predicted molar refractivity (Wildman–Crippen MR) is 80.7 cm³/mol. The normalized spacial score (nSPS) is 10.5. The first-order valence-corrected chi connectivity index (χ1v) is 6.59. The summed E-state index contributed by atoms with van der Waals surface area (Å²) in [6.07, 6.45) is 3.64. The van der Waals surface area contributed by atoms with E-state index in [1.807, 2.05) is 49.5 Å². The minimum atomic E-state index is -0.921. The molecule has 1 heterocycles. The molecule has 4 nitrogen and oxygen atoms in total. The van der Waals surface area contributed by atoms with Crippen LogP contribution in [-0.2, 0) is 0 Å². The lowest BCUT2D eigenvalue weighted by atomic mass is 10.0. The number of aromatic carboxylic acids is 1. The van der Waals surface area contributed by atoms with Crippen molar-refractivity contribution < 1.29 is 9.90 Å². The molecule has 0 fully saturated rings. The third-order valence-corrected chi connectivity index (χ3v) is 3.26. The van der Waals surface area contributed by atoms with Crippen molar-refractivity contribution in [2.45, 2.75) is 6.92 Å². The third kappa shape index (κ3) is 2.69. The number of para-hydroxylation sites is 1. The molecule has 1 N–H and O–H groups in total. The van der Waals surface area contributed by atoms with Crippen molar-refractivity contribution in [3.63, 3.8) is 0 Å². The number of hydrogen-bond donors (Lipinski definition) is 1. The summed E-state index contributed by atoms with van der Waals surface area (Å²) < 4.78 is 1.78. The Bertz CT molecular complexity index is 792. The van der Waals surface area contributed by atoms with Crippen molar-refractivity contribution in [1.29, 1.82) is 0 Å². The summed E-state index contributed by atoms with van der Waals surface area (Å²) in [5.74, 6) is -0.921. The Morgan fingerprint density at radius 2 is 1.86 bits per heavy atom. The minimum absolute atomic E-state index is 0.289. The van der Waals surface area contributed by atoms with Crippen LogP contribution >= 0.6 is 0 Å².